The average molecular weight is 479 g/mol. The van der Waals surface area contributed by atoms with Crippen LogP contribution in [0.15, 0.2) is 58.5 Å². The molecule has 178 valence electrons. The van der Waals surface area contributed by atoms with Crippen molar-refractivity contribution in [2.24, 2.45) is 5.73 Å². The first-order valence-electron chi connectivity index (χ1n) is 10.6. The maximum Gasteiger partial charge on any atom is 0.163 e. The van der Waals surface area contributed by atoms with Crippen LogP contribution in [0, 0.1) is 5.82 Å². The van der Waals surface area contributed by atoms with Crippen LogP contribution >= 0.6 is 11.8 Å². The molecule has 0 amide bonds. The molecule has 0 radical (unpaired) electrons. The molecule has 1 aliphatic heterocycles. The normalized spacial score (nSPS) is 25.5. The van der Waals surface area contributed by atoms with Gasteiger partial charge in [0.05, 0.1) is 18.7 Å². The van der Waals surface area contributed by atoms with Gasteiger partial charge < -0.3 is 40.2 Å². The molecule has 10 heteroatoms. The standard InChI is InChI=1S/C23H27FN2O6S/c24-15-3-1-4-16-19(15)18(33-14-7-5-13(6-8-14)31-10-2-9-25)11-26(16)23-22(30)21(29)20(28)17(12-27)32-23/h1,3-8,11,17,20-23,27-30H,2,9-10,12,25H2/t17-,20-,21+,22-,23-/m1/s1. The maximum absolute atomic E-state index is 14.9. The lowest BCUT2D eigenvalue weighted by Crippen LogP contribution is -2.56. The molecule has 1 aliphatic rings. The van der Waals surface area contributed by atoms with Gasteiger partial charge in [0.25, 0.3) is 0 Å². The number of hydrogen-bond acceptors (Lipinski definition) is 8. The number of hydrogen-bond donors (Lipinski definition) is 5. The predicted octanol–water partition coefficient (Wildman–Crippen LogP) is 1.63. The van der Waals surface area contributed by atoms with Crippen molar-refractivity contribution in [3.05, 3.63) is 54.5 Å². The molecule has 33 heavy (non-hydrogen) atoms. The first kappa shape index (κ1) is 24.0. The zero-order valence-electron chi connectivity index (χ0n) is 17.8. The van der Waals surface area contributed by atoms with E-state index in [1.54, 1.807) is 18.3 Å². The summed E-state index contributed by atoms with van der Waals surface area (Å²) in [4.78, 5) is 1.43. The summed E-state index contributed by atoms with van der Waals surface area (Å²) in [5.41, 5.74) is 5.92. The SMILES string of the molecule is NCCCOc1ccc(Sc2cn([C@@H]3O[C@H](CO)[C@@H](O)[C@H](O)[C@H]3O)c3cccc(F)c23)cc1. The highest BCUT2D eigenvalue weighted by atomic mass is 32.2. The summed E-state index contributed by atoms with van der Waals surface area (Å²) in [5.74, 6) is 0.266. The van der Waals surface area contributed by atoms with Crippen molar-refractivity contribution >= 4 is 22.7 Å². The number of rotatable bonds is 8. The largest absolute Gasteiger partial charge is 0.494 e. The summed E-state index contributed by atoms with van der Waals surface area (Å²) >= 11 is 1.33. The van der Waals surface area contributed by atoms with Crippen LogP contribution in [0.5, 0.6) is 5.75 Å². The summed E-state index contributed by atoms with van der Waals surface area (Å²) in [6, 6.07) is 11.9. The number of nitrogens with two attached hydrogens (primary N) is 1. The van der Waals surface area contributed by atoms with E-state index in [1.807, 2.05) is 24.3 Å². The van der Waals surface area contributed by atoms with Crippen molar-refractivity contribution in [2.75, 3.05) is 19.8 Å². The molecular weight excluding hydrogens is 451 g/mol. The third-order valence-corrected chi connectivity index (χ3v) is 6.62. The molecule has 5 atom stereocenters. The third kappa shape index (κ3) is 4.87. The van der Waals surface area contributed by atoms with Crippen LogP contribution in [0.2, 0.25) is 0 Å². The lowest BCUT2D eigenvalue weighted by Gasteiger charge is -2.40. The van der Waals surface area contributed by atoms with Crippen LogP contribution in [-0.4, -0.2) is 69.2 Å². The Morgan fingerprint density at radius 2 is 1.82 bits per heavy atom. The predicted molar refractivity (Wildman–Crippen MR) is 121 cm³/mol. The number of aliphatic hydroxyl groups is 4. The van der Waals surface area contributed by atoms with Crippen LogP contribution in [0.3, 0.4) is 0 Å². The van der Waals surface area contributed by atoms with Gasteiger partial charge in [-0.25, -0.2) is 4.39 Å². The molecule has 2 heterocycles. The minimum absolute atomic E-state index is 0.336. The van der Waals surface area contributed by atoms with Crippen LogP contribution in [-0.2, 0) is 4.74 Å². The summed E-state index contributed by atoms with van der Waals surface area (Å²) in [6.07, 6.45) is -4.29. The second kappa shape index (κ2) is 10.4. The van der Waals surface area contributed by atoms with Crippen LogP contribution in [0.1, 0.15) is 12.6 Å². The number of fused-ring (bicyclic) bond motifs is 1. The van der Waals surface area contributed by atoms with E-state index in [2.05, 4.69) is 0 Å². The second-order valence-corrected chi connectivity index (χ2v) is 8.93. The molecule has 6 N–H and O–H groups in total. The molecule has 8 nitrogen and oxygen atoms in total. The van der Waals surface area contributed by atoms with E-state index >= 15 is 0 Å². The van der Waals surface area contributed by atoms with Crippen molar-refractivity contribution < 1.29 is 34.3 Å². The molecule has 1 fully saturated rings. The van der Waals surface area contributed by atoms with E-state index in [1.165, 1.54) is 22.4 Å². The third-order valence-electron chi connectivity index (χ3n) is 5.58. The van der Waals surface area contributed by atoms with Crippen LogP contribution in [0.4, 0.5) is 4.39 Å². The Morgan fingerprint density at radius 3 is 2.52 bits per heavy atom. The van der Waals surface area contributed by atoms with Gasteiger partial charge in [0.2, 0.25) is 0 Å². The molecule has 0 spiro atoms. The van der Waals surface area contributed by atoms with E-state index in [4.69, 9.17) is 15.2 Å². The minimum atomic E-state index is -1.53. The number of nitrogens with zero attached hydrogens (tertiary/aromatic N) is 1. The number of ether oxygens (including phenoxy) is 2. The molecule has 4 rings (SSSR count). The van der Waals surface area contributed by atoms with Crippen molar-refractivity contribution in [3.63, 3.8) is 0 Å². The summed E-state index contributed by atoms with van der Waals surface area (Å²) < 4.78 is 27.7. The fraction of sp³-hybridized carbons (Fsp3) is 0.391. The highest BCUT2D eigenvalue weighted by Gasteiger charge is 2.44. The van der Waals surface area contributed by atoms with E-state index in [0.717, 1.165) is 11.3 Å². The zero-order chi connectivity index (χ0) is 23.5. The summed E-state index contributed by atoms with van der Waals surface area (Å²) in [6.45, 7) is 0.537. The van der Waals surface area contributed by atoms with Gasteiger partial charge in [-0.1, -0.05) is 17.8 Å². The Bertz CT molecular complexity index is 1080. The fourth-order valence-electron chi connectivity index (χ4n) is 3.84. The summed E-state index contributed by atoms with van der Waals surface area (Å²) in [7, 11) is 0. The Balaban J connectivity index is 1.65. The van der Waals surface area contributed by atoms with Crippen molar-refractivity contribution in [3.8, 4) is 5.75 Å². The Morgan fingerprint density at radius 1 is 1.06 bits per heavy atom. The first-order chi connectivity index (χ1) is 15.9. The molecule has 1 saturated heterocycles. The Kier molecular flexibility index (Phi) is 7.55. The van der Waals surface area contributed by atoms with E-state index in [-0.39, 0.29) is 0 Å². The molecule has 0 aliphatic carbocycles. The lowest BCUT2D eigenvalue weighted by atomic mass is 9.98. The molecule has 3 aromatic rings. The van der Waals surface area contributed by atoms with E-state index < -0.39 is 43.1 Å². The number of aromatic nitrogens is 1. The Labute approximate surface area is 194 Å². The van der Waals surface area contributed by atoms with Gasteiger partial charge in [0, 0.05) is 21.4 Å². The highest BCUT2D eigenvalue weighted by molar-refractivity contribution is 7.99. The Hall–Kier alpha value is -2.18. The minimum Gasteiger partial charge on any atom is -0.494 e. The quantitative estimate of drug-likeness (QED) is 0.309. The van der Waals surface area contributed by atoms with Gasteiger partial charge in [-0.3, -0.25) is 0 Å². The van der Waals surface area contributed by atoms with Crippen LogP contribution < -0.4 is 10.5 Å². The topological polar surface area (TPSA) is 130 Å². The molecular formula is C23H27FN2O6S. The van der Waals surface area contributed by atoms with Crippen molar-refractivity contribution in [1.29, 1.82) is 0 Å². The average Bonchev–Trinajstić information content (AvgIpc) is 3.18. The molecule has 0 saturated carbocycles. The molecule has 2 aromatic carbocycles. The van der Waals surface area contributed by atoms with Gasteiger partial charge in [-0.05, 0) is 49.4 Å². The number of aliphatic hydroxyl groups excluding tert-OH is 4. The van der Waals surface area contributed by atoms with Gasteiger partial charge in [-0.15, -0.1) is 0 Å². The van der Waals surface area contributed by atoms with E-state index in [0.29, 0.717) is 34.7 Å². The lowest BCUT2D eigenvalue weighted by molar-refractivity contribution is -0.250. The molecule has 1 aromatic heterocycles. The van der Waals surface area contributed by atoms with Crippen LogP contribution in [0.25, 0.3) is 10.9 Å². The smallest absolute Gasteiger partial charge is 0.163 e. The zero-order valence-corrected chi connectivity index (χ0v) is 18.6. The van der Waals surface area contributed by atoms with Gasteiger partial charge in [0.1, 0.15) is 36.0 Å². The second-order valence-electron chi connectivity index (χ2n) is 7.82. The van der Waals surface area contributed by atoms with E-state index in [9.17, 15) is 24.8 Å². The van der Waals surface area contributed by atoms with Crippen molar-refractivity contribution in [1.82, 2.24) is 4.57 Å². The molecule has 0 bridgehead atoms. The number of benzene rings is 2. The van der Waals surface area contributed by atoms with Gasteiger partial charge in [0.15, 0.2) is 6.23 Å². The maximum atomic E-state index is 14.9. The highest BCUT2D eigenvalue weighted by Crippen LogP contribution is 2.40. The number of halogens is 1. The molecule has 0 unspecified atom stereocenters. The summed E-state index contributed by atoms with van der Waals surface area (Å²) in [5, 5.41) is 40.7. The monoisotopic (exact) mass is 478 g/mol. The first-order valence-corrected chi connectivity index (χ1v) is 11.5. The van der Waals surface area contributed by atoms with Crippen molar-refractivity contribution in [2.45, 2.75) is 46.9 Å². The van der Waals surface area contributed by atoms with Gasteiger partial charge in [-0.2, -0.15) is 0 Å². The fourth-order valence-corrected chi connectivity index (χ4v) is 4.83. The van der Waals surface area contributed by atoms with Gasteiger partial charge >= 0.3 is 0 Å².